The zero-order valence-corrected chi connectivity index (χ0v) is 11.3. The molecule has 0 spiro atoms. The van der Waals surface area contributed by atoms with Gasteiger partial charge in [0.15, 0.2) is 0 Å². The molecule has 2 heteroatoms. The number of hydrogen-bond acceptors (Lipinski definition) is 2. The summed E-state index contributed by atoms with van der Waals surface area (Å²) in [4.78, 5) is 5.02. The van der Waals surface area contributed by atoms with Gasteiger partial charge in [0.25, 0.3) is 0 Å². The number of piperazine rings is 1. The monoisotopic (exact) mass is 243 g/mol. The number of likely N-dealkylation sites (N-methyl/N-ethyl adjacent to an activating group) is 1. The average molecular weight is 243 g/mol. The van der Waals surface area contributed by atoms with Crippen molar-refractivity contribution in [1.82, 2.24) is 9.80 Å². The van der Waals surface area contributed by atoms with Gasteiger partial charge in [-0.15, -0.1) is 0 Å². The molecular weight excluding hydrogens is 220 g/mol. The summed E-state index contributed by atoms with van der Waals surface area (Å²) in [5, 5.41) is 0. The first-order chi connectivity index (χ1) is 8.78. The van der Waals surface area contributed by atoms with Crippen molar-refractivity contribution in [2.45, 2.75) is 6.92 Å². The van der Waals surface area contributed by atoms with Gasteiger partial charge in [-0.1, -0.05) is 43.3 Å². The van der Waals surface area contributed by atoms with Crippen LogP contribution in [0.1, 0.15) is 18.1 Å². The van der Waals surface area contributed by atoms with E-state index in [4.69, 9.17) is 0 Å². The summed E-state index contributed by atoms with van der Waals surface area (Å²) in [6.45, 7) is 13.2. The van der Waals surface area contributed by atoms with Gasteiger partial charge in [-0.25, -0.2) is 0 Å². The van der Waals surface area contributed by atoms with Crippen molar-refractivity contribution in [1.29, 1.82) is 0 Å². The maximum atomic E-state index is 3.89. The van der Waals surface area contributed by atoms with E-state index in [-0.39, 0.29) is 0 Å². The summed E-state index contributed by atoms with van der Waals surface area (Å²) in [5.41, 5.74) is 2.33. The van der Waals surface area contributed by atoms with Gasteiger partial charge >= 0.3 is 0 Å². The minimum atomic E-state index is 1.06. The van der Waals surface area contributed by atoms with Crippen LogP contribution in [0.15, 0.2) is 30.3 Å². The smallest absolute Gasteiger partial charge is 0.0167 e. The Kier molecular flexibility index (Phi) is 4.97. The highest BCUT2D eigenvalue weighted by atomic mass is 15.2. The van der Waals surface area contributed by atoms with Crippen LogP contribution in [-0.2, 0) is 0 Å². The van der Waals surface area contributed by atoms with E-state index in [1.165, 1.54) is 38.3 Å². The van der Waals surface area contributed by atoms with Crippen molar-refractivity contribution in [3.63, 3.8) is 0 Å². The Bertz CT molecular complexity index is 373. The lowest BCUT2D eigenvalue weighted by Gasteiger charge is -2.33. The van der Waals surface area contributed by atoms with Gasteiger partial charge in [0.05, 0.1) is 0 Å². The Hall–Kier alpha value is -1.12. The highest BCUT2D eigenvalue weighted by Gasteiger charge is 2.13. The Morgan fingerprint density at radius 1 is 1.06 bits per heavy atom. The van der Waals surface area contributed by atoms with Crippen LogP contribution in [0.3, 0.4) is 0 Å². The highest BCUT2D eigenvalue weighted by molar-refractivity contribution is 5.50. The van der Waals surface area contributed by atoms with Crippen molar-refractivity contribution >= 4 is 6.08 Å². The molecule has 1 aromatic carbocycles. The zero-order chi connectivity index (χ0) is 12.8. The molecule has 1 fully saturated rings. The number of nitrogens with zero attached hydrogens (tertiary/aromatic N) is 2. The van der Waals surface area contributed by atoms with E-state index in [9.17, 15) is 0 Å². The molecule has 0 bridgehead atoms. The SMILES string of the molecule is [CH2]c1ccc(C=CCN2CCN(CC)CC2)cc1. The third kappa shape index (κ3) is 3.97. The standard InChI is InChI=1S/C16H23N2/c1-3-17-11-13-18(14-12-17)10-4-5-16-8-6-15(2)7-9-16/h4-9H,2-3,10-14H2,1H3. The average Bonchev–Trinajstić information content (AvgIpc) is 2.42. The van der Waals surface area contributed by atoms with E-state index < -0.39 is 0 Å². The maximum Gasteiger partial charge on any atom is 0.0167 e. The van der Waals surface area contributed by atoms with Gasteiger partial charge in [-0.2, -0.15) is 0 Å². The first kappa shape index (κ1) is 13.3. The van der Waals surface area contributed by atoms with E-state index in [2.05, 4.69) is 60.1 Å². The highest BCUT2D eigenvalue weighted by Crippen LogP contribution is 2.06. The zero-order valence-electron chi connectivity index (χ0n) is 11.3. The van der Waals surface area contributed by atoms with Crippen LogP contribution >= 0.6 is 0 Å². The molecule has 0 atom stereocenters. The fraction of sp³-hybridized carbons (Fsp3) is 0.438. The largest absolute Gasteiger partial charge is 0.301 e. The Morgan fingerprint density at radius 3 is 2.28 bits per heavy atom. The minimum absolute atomic E-state index is 1.06. The quantitative estimate of drug-likeness (QED) is 0.802. The second-order valence-corrected chi connectivity index (χ2v) is 4.88. The summed E-state index contributed by atoms with van der Waals surface area (Å²) in [7, 11) is 0. The Morgan fingerprint density at radius 2 is 1.67 bits per heavy atom. The third-order valence-corrected chi connectivity index (χ3v) is 3.57. The minimum Gasteiger partial charge on any atom is -0.301 e. The van der Waals surface area contributed by atoms with Crippen LogP contribution in [0.5, 0.6) is 0 Å². The summed E-state index contributed by atoms with van der Waals surface area (Å²) in [6, 6.07) is 8.35. The van der Waals surface area contributed by atoms with Crippen molar-refractivity contribution < 1.29 is 0 Å². The van der Waals surface area contributed by atoms with Gasteiger partial charge in [0.2, 0.25) is 0 Å². The molecule has 0 amide bonds. The molecule has 0 saturated carbocycles. The van der Waals surface area contributed by atoms with E-state index in [0.717, 1.165) is 12.1 Å². The summed E-state index contributed by atoms with van der Waals surface area (Å²) >= 11 is 0. The second-order valence-electron chi connectivity index (χ2n) is 4.88. The lowest BCUT2D eigenvalue weighted by atomic mass is 10.1. The lowest BCUT2D eigenvalue weighted by Crippen LogP contribution is -2.45. The van der Waals surface area contributed by atoms with Gasteiger partial charge in [0.1, 0.15) is 0 Å². The molecule has 1 aliphatic rings. The molecule has 0 aliphatic carbocycles. The summed E-state index contributed by atoms with van der Waals surface area (Å²) < 4.78 is 0. The molecule has 1 radical (unpaired) electrons. The molecule has 2 nitrogen and oxygen atoms in total. The van der Waals surface area contributed by atoms with Gasteiger partial charge in [-0.3, -0.25) is 4.90 Å². The summed E-state index contributed by atoms with van der Waals surface area (Å²) in [6.07, 6.45) is 4.46. The van der Waals surface area contributed by atoms with E-state index in [0.29, 0.717) is 0 Å². The first-order valence-electron chi connectivity index (χ1n) is 6.81. The van der Waals surface area contributed by atoms with Crippen molar-refractivity contribution in [3.05, 3.63) is 48.4 Å². The van der Waals surface area contributed by atoms with E-state index in [1.807, 2.05) is 0 Å². The fourth-order valence-electron chi connectivity index (χ4n) is 2.25. The van der Waals surface area contributed by atoms with Crippen LogP contribution < -0.4 is 0 Å². The molecular formula is C16H23N2. The predicted octanol–water partition coefficient (Wildman–Crippen LogP) is 2.52. The molecule has 1 aliphatic heterocycles. The van der Waals surface area contributed by atoms with Crippen molar-refractivity contribution in [3.8, 4) is 0 Å². The van der Waals surface area contributed by atoms with Crippen LogP contribution in [0, 0.1) is 6.92 Å². The Balaban J connectivity index is 1.76. The fourth-order valence-corrected chi connectivity index (χ4v) is 2.25. The number of benzene rings is 1. The number of hydrogen-bond donors (Lipinski definition) is 0. The lowest BCUT2D eigenvalue weighted by molar-refractivity contribution is 0.148. The van der Waals surface area contributed by atoms with Gasteiger partial charge in [-0.05, 0) is 24.6 Å². The molecule has 18 heavy (non-hydrogen) atoms. The van der Waals surface area contributed by atoms with Gasteiger partial charge < -0.3 is 4.90 Å². The third-order valence-electron chi connectivity index (χ3n) is 3.57. The first-order valence-corrected chi connectivity index (χ1v) is 6.81. The van der Waals surface area contributed by atoms with Gasteiger partial charge in [0, 0.05) is 32.7 Å². The molecule has 0 aromatic heterocycles. The number of rotatable bonds is 4. The second kappa shape index (κ2) is 6.72. The normalized spacial score (nSPS) is 18.6. The topological polar surface area (TPSA) is 6.48 Å². The van der Waals surface area contributed by atoms with E-state index in [1.54, 1.807) is 0 Å². The molecule has 1 aromatic rings. The van der Waals surface area contributed by atoms with Crippen LogP contribution in [0.4, 0.5) is 0 Å². The predicted molar refractivity (Wildman–Crippen MR) is 78.5 cm³/mol. The molecule has 1 heterocycles. The maximum absolute atomic E-state index is 3.89. The molecule has 2 rings (SSSR count). The van der Waals surface area contributed by atoms with E-state index >= 15 is 0 Å². The van der Waals surface area contributed by atoms with Crippen molar-refractivity contribution in [2.75, 3.05) is 39.3 Å². The Labute approximate surface area is 111 Å². The van der Waals surface area contributed by atoms with Crippen LogP contribution in [0.2, 0.25) is 0 Å². The molecule has 0 N–H and O–H groups in total. The summed E-state index contributed by atoms with van der Waals surface area (Å²) in [5.74, 6) is 0. The molecule has 1 saturated heterocycles. The van der Waals surface area contributed by atoms with Crippen LogP contribution in [0.25, 0.3) is 6.08 Å². The molecule has 97 valence electrons. The van der Waals surface area contributed by atoms with Crippen LogP contribution in [-0.4, -0.2) is 49.1 Å². The molecule has 0 unspecified atom stereocenters. The van der Waals surface area contributed by atoms with Crippen molar-refractivity contribution in [2.24, 2.45) is 0 Å².